The topological polar surface area (TPSA) is 71.0 Å². The molecule has 6 nitrogen and oxygen atoms in total. The fourth-order valence-electron chi connectivity index (χ4n) is 1.53. The molecule has 0 saturated carbocycles. The van der Waals surface area contributed by atoms with Gasteiger partial charge < -0.3 is 4.74 Å². The first-order valence-electron chi connectivity index (χ1n) is 5.58. The van der Waals surface area contributed by atoms with Crippen molar-refractivity contribution in [3.63, 3.8) is 0 Å². The Kier molecular flexibility index (Phi) is 3.57. The predicted octanol–water partition coefficient (Wildman–Crippen LogP) is 0.971. The predicted molar refractivity (Wildman–Crippen MR) is 65.4 cm³/mol. The molecule has 1 aromatic carbocycles. The fraction of sp³-hybridized carbons (Fsp3) is 0.250. The third-order valence-electron chi connectivity index (χ3n) is 2.33. The Balaban J connectivity index is 2.13. The van der Waals surface area contributed by atoms with Gasteiger partial charge in [-0.15, -0.1) is 0 Å². The lowest BCUT2D eigenvalue weighted by Crippen LogP contribution is -2.24. The molecule has 1 aromatic rings. The van der Waals surface area contributed by atoms with Gasteiger partial charge in [0.05, 0.1) is 12.8 Å². The summed E-state index contributed by atoms with van der Waals surface area (Å²) >= 11 is 0. The number of ether oxygens (including phenoxy) is 1. The molecule has 0 unspecified atom stereocenters. The highest BCUT2D eigenvalue weighted by atomic mass is 16.5. The number of hydrogen-bond donors (Lipinski definition) is 1. The fourth-order valence-corrected chi connectivity index (χ4v) is 1.53. The Hall–Kier alpha value is -2.37. The zero-order valence-electron chi connectivity index (χ0n) is 9.92. The van der Waals surface area contributed by atoms with Crippen LogP contribution in [0.15, 0.2) is 29.4 Å². The van der Waals surface area contributed by atoms with Crippen LogP contribution in [0.5, 0.6) is 5.75 Å². The number of nitrogens with zero attached hydrogens (tertiary/aromatic N) is 2. The van der Waals surface area contributed by atoms with E-state index >= 15 is 0 Å². The molecule has 1 N–H and O–H groups in total. The number of hydrogen-bond acceptors (Lipinski definition) is 4. The molecule has 18 heavy (non-hydrogen) atoms. The number of carbonyl (C=O) groups excluding carboxylic acids is 2. The van der Waals surface area contributed by atoms with Crippen LogP contribution < -0.4 is 10.1 Å². The molecule has 0 aliphatic carbocycles. The van der Waals surface area contributed by atoms with E-state index in [2.05, 4.69) is 10.4 Å². The van der Waals surface area contributed by atoms with E-state index in [-0.39, 0.29) is 12.5 Å². The van der Waals surface area contributed by atoms with Gasteiger partial charge >= 0.3 is 6.03 Å². The molecular weight excluding hydrogens is 234 g/mol. The van der Waals surface area contributed by atoms with Crippen molar-refractivity contribution in [3.8, 4) is 5.75 Å². The molecule has 1 saturated heterocycles. The smallest absolute Gasteiger partial charge is 0.344 e. The van der Waals surface area contributed by atoms with E-state index in [1.807, 2.05) is 31.2 Å². The molecule has 2 rings (SSSR count). The van der Waals surface area contributed by atoms with Crippen LogP contribution in [0.4, 0.5) is 4.79 Å². The second-order valence-corrected chi connectivity index (χ2v) is 3.63. The molecule has 1 aliphatic heterocycles. The minimum absolute atomic E-state index is 0.0495. The Labute approximate surface area is 104 Å². The molecule has 3 amide bonds. The van der Waals surface area contributed by atoms with Gasteiger partial charge in [0.25, 0.3) is 0 Å². The lowest BCUT2D eigenvalue weighted by atomic mass is 10.2. The second kappa shape index (κ2) is 5.31. The number of urea groups is 1. The van der Waals surface area contributed by atoms with Gasteiger partial charge in [-0.05, 0) is 19.1 Å². The van der Waals surface area contributed by atoms with Crippen molar-refractivity contribution in [3.05, 3.63) is 29.8 Å². The van der Waals surface area contributed by atoms with Gasteiger partial charge in [0.1, 0.15) is 12.3 Å². The number of carbonyl (C=O) groups is 2. The lowest BCUT2D eigenvalue weighted by Gasteiger charge is -2.07. The Bertz CT molecular complexity index is 499. The van der Waals surface area contributed by atoms with E-state index in [4.69, 9.17) is 4.74 Å². The lowest BCUT2D eigenvalue weighted by molar-refractivity contribution is -0.118. The summed E-state index contributed by atoms with van der Waals surface area (Å²) in [6.45, 7) is 2.39. The van der Waals surface area contributed by atoms with E-state index in [1.54, 1.807) is 0 Å². The zero-order valence-corrected chi connectivity index (χ0v) is 9.92. The molecule has 1 aliphatic rings. The average Bonchev–Trinajstić information content (AvgIpc) is 2.67. The highest BCUT2D eigenvalue weighted by molar-refractivity contribution is 6.02. The number of benzene rings is 1. The first-order chi connectivity index (χ1) is 8.70. The molecule has 0 spiro atoms. The van der Waals surface area contributed by atoms with Crippen LogP contribution in [0.3, 0.4) is 0 Å². The zero-order chi connectivity index (χ0) is 13.0. The van der Waals surface area contributed by atoms with Gasteiger partial charge in [-0.2, -0.15) is 5.10 Å². The van der Waals surface area contributed by atoms with Gasteiger partial charge in [0.15, 0.2) is 0 Å². The molecule has 94 valence electrons. The molecule has 0 radical (unpaired) electrons. The molecule has 1 fully saturated rings. The second-order valence-electron chi connectivity index (χ2n) is 3.63. The molecule has 6 heteroatoms. The Morgan fingerprint density at radius 3 is 2.89 bits per heavy atom. The molecule has 0 bridgehead atoms. The van der Waals surface area contributed by atoms with Crippen molar-refractivity contribution < 1.29 is 14.3 Å². The van der Waals surface area contributed by atoms with Crippen molar-refractivity contribution >= 4 is 18.2 Å². The van der Waals surface area contributed by atoms with Crippen LogP contribution in [0.2, 0.25) is 0 Å². The Morgan fingerprint density at radius 2 is 2.22 bits per heavy atom. The summed E-state index contributed by atoms with van der Waals surface area (Å²) in [4.78, 5) is 22.2. The summed E-state index contributed by atoms with van der Waals surface area (Å²) in [5.74, 6) is 0.338. The van der Waals surface area contributed by atoms with Gasteiger partial charge in [-0.1, -0.05) is 12.1 Å². The first kappa shape index (κ1) is 12.1. The summed E-state index contributed by atoms with van der Waals surface area (Å²) in [5.41, 5.74) is 0.756. The summed E-state index contributed by atoms with van der Waals surface area (Å²) in [7, 11) is 0. The van der Waals surface area contributed by atoms with E-state index in [1.165, 1.54) is 6.21 Å². The maximum atomic E-state index is 11.3. The number of rotatable bonds is 4. The largest absolute Gasteiger partial charge is 0.493 e. The normalized spacial score (nSPS) is 15.3. The number of nitrogens with one attached hydrogen (secondary N) is 1. The maximum Gasteiger partial charge on any atom is 0.344 e. The average molecular weight is 247 g/mol. The highest BCUT2D eigenvalue weighted by Gasteiger charge is 2.25. The minimum Gasteiger partial charge on any atom is -0.493 e. The van der Waals surface area contributed by atoms with Crippen molar-refractivity contribution in [1.29, 1.82) is 0 Å². The third kappa shape index (κ3) is 2.65. The van der Waals surface area contributed by atoms with Crippen molar-refractivity contribution in [1.82, 2.24) is 10.3 Å². The van der Waals surface area contributed by atoms with E-state index in [0.29, 0.717) is 12.4 Å². The van der Waals surface area contributed by atoms with E-state index in [9.17, 15) is 9.59 Å². The number of amides is 3. The van der Waals surface area contributed by atoms with E-state index in [0.717, 1.165) is 10.6 Å². The maximum absolute atomic E-state index is 11.3. The molecule has 0 atom stereocenters. The summed E-state index contributed by atoms with van der Waals surface area (Å²) in [5, 5.41) is 7.18. The third-order valence-corrected chi connectivity index (χ3v) is 2.33. The summed E-state index contributed by atoms with van der Waals surface area (Å²) in [6.07, 6.45) is 1.50. The SMILES string of the molecule is CCOc1ccccc1/C=N\N1CC(=O)NC1=O. The number of imide groups is 1. The minimum atomic E-state index is -0.509. The first-order valence-corrected chi connectivity index (χ1v) is 5.58. The van der Waals surface area contributed by atoms with Crippen LogP contribution in [0.25, 0.3) is 0 Å². The van der Waals surface area contributed by atoms with E-state index < -0.39 is 6.03 Å². The van der Waals surface area contributed by atoms with Crippen LogP contribution in [-0.4, -0.2) is 36.3 Å². The van der Waals surface area contributed by atoms with Crippen LogP contribution in [0.1, 0.15) is 12.5 Å². The monoisotopic (exact) mass is 247 g/mol. The molecule has 0 aromatic heterocycles. The number of hydrazone groups is 1. The number of para-hydroxylation sites is 1. The standard InChI is InChI=1S/C12H13N3O3/c1-2-18-10-6-4-3-5-9(10)7-13-15-8-11(16)14-12(15)17/h3-7H,2,8H2,1H3,(H,14,16,17)/b13-7-. The van der Waals surface area contributed by atoms with Crippen LogP contribution >= 0.6 is 0 Å². The van der Waals surface area contributed by atoms with Gasteiger partial charge in [-0.25, -0.2) is 9.80 Å². The van der Waals surface area contributed by atoms with Gasteiger partial charge in [0.2, 0.25) is 5.91 Å². The molecule has 1 heterocycles. The highest BCUT2D eigenvalue weighted by Crippen LogP contribution is 2.16. The van der Waals surface area contributed by atoms with Crippen molar-refractivity contribution in [2.75, 3.05) is 13.2 Å². The summed E-state index contributed by atoms with van der Waals surface area (Å²) < 4.78 is 5.42. The van der Waals surface area contributed by atoms with Gasteiger partial charge in [0, 0.05) is 5.56 Å². The van der Waals surface area contributed by atoms with Crippen molar-refractivity contribution in [2.24, 2.45) is 5.10 Å². The summed E-state index contributed by atoms with van der Waals surface area (Å²) in [6, 6.07) is 6.84. The van der Waals surface area contributed by atoms with Crippen molar-refractivity contribution in [2.45, 2.75) is 6.92 Å². The van der Waals surface area contributed by atoms with Crippen LogP contribution in [-0.2, 0) is 4.79 Å². The quantitative estimate of drug-likeness (QED) is 0.636. The molecular formula is C12H13N3O3. The van der Waals surface area contributed by atoms with Crippen LogP contribution in [0, 0.1) is 0 Å². The van der Waals surface area contributed by atoms with Gasteiger partial charge in [-0.3, -0.25) is 10.1 Å². The Morgan fingerprint density at radius 1 is 1.44 bits per heavy atom.